The summed E-state index contributed by atoms with van der Waals surface area (Å²) in [7, 11) is 0. The molecule has 100 valence electrons. The Balaban J connectivity index is 2.34. The van der Waals surface area contributed by atoms with E-state index in [0.717, 1.165) is 0 Å². The van der Waals surface area contributed by atoms with Gasteiger partial charge >= 0.3 is 0 Å². The Morgan fingerprint density at radius 2 is 1.89 bits per heavy atom. The van der Waals surface area contributed by atoms with E-state index in [-0.39, 0.29) is 10.6 Å². The summed E-state index contributed by atoms with van der Waals surface area (Å²) in [5.74, 6) is -0.675. The lowest BCUT2D eigenvalue weighted by atomic mass is 10.0. The van der Waals surface area contributed by atoms with Gasteiger partial charge < -0.3 is 5.32 Å². The van der Waals surface area contributed by atoms with Gasteiger partial charge in [0.15, 0.2) is 0 Å². The number of alkyl halides is 2. The van der Waals surface area contributed by atoms with Gasteiger partial charge in [-0.2, -0.15) is 0 Å². The van der Waals surface area contributed by atoms with Crippen LogP contribution in [0.4, 0.5) is 13.2 Å². The first-order valence-corrected chi connectivity index (χ1v) is 6.16. The van der Waals surface area contributed by atoms with Gasteiger partial charge in [-0.1, -0.05) is 17.7 Å². The summed E-state index contributed by atoms with van der Waals surface area (Å²) in [4.78, 5) is 1.57. The van der Waals surface area contributed by atoms with Crippen LogP contribution in [-0.4, -0.2) is 37.5 Å². The van der Waals surface area contributed by atoms with Crippen molar-refractivity contribution < 1.29 is 13.2 Å². The van der Waals surface area contributed by atoms with Gasteiger partial charge in [-0.25, -0.2) is 13.2 Å². The van der Waals surface area contributed by atoms with Crippen LogP contribution in [0.2, 0.25) is 5.02 Å². The number of nitrogens with one attached hydrogen (secondary N) is 1. The van der Waals surface area contributed by atoms with Gasteiger partial charge in [0.25, 0.3) is 6.43 Å². The molecule has 1 aliphatic rings. The molecular formula is C12H14ClF3N2. The minimum atomic E-state index is -2.67. The third-order valence-electron chi connectivity index (χ3n) is 3.08. The molecule has 0 aromatic heterocycles. The third kappa shape index (κ3) is 2.79. The van der Waals surface area contributed by atoms with E-state index in [1.165, 1.54) is 18.2 Å². The van der Waals surface area contributed by atoms with Crippen molar-refractivity contribution in [2.45, 2.75) is 12.5 Å². The average molecular weight is 279 g/mol. The fourth-order valence-corrected chi connectivity index (χ4v) is 2.50. The van der Waals surface area contributed by atoms with Gasteiger partial charge in [0.2, 0.25) is 0 Å². The standard InChI is InChI=1S/C12H14ClF3N2/c13-8-2-1-3-9(14)10(8)11(12(15)16)18-6-4-17-5-7-18/h1-3,11-12,17H,4-7H2/t11-/m0/s1. The number of nitrogens with zero attached hydrogens (tertiary/aromatic N) is 1. The number of halogens is 4. The zero-order valence-electron chi connectivity index (χ0n) is 9.67. The summed E-state index contributed by atoms with van der Waals surface area (Å²) in [5, 5.41) is 3.13. The summed E-state index contributed by atoms with van der Waals surface area (Å²) in [6.45, 7) is 2.16. The Labute approximate surface area is 109 Å². The molecule has 1 aliphatic heterocycles. The molecule has 1 aromatic rings. The van der Waals surface area contributed by atoms with Crippen LogP contribution in [0.1, 0.15) is 11.6 Å². The van der Waals surface area contributed by atoms with Crippen LogP contribution in [0, 0.1) is 5.82 Å². The van der Waals surface area contributed by atoms with Crippen molar-refractivity contribution >= 4 is 11.6 Å². The van der Waals surface area contributed by atoms with Crippen LogP contribution in [0.25, 0.3) is 0 Å². The molecule has 0 bridgehead atoms. The minimum absolute atomic E-state index is 0.0545. The second kappa shape index (κ2) is 5.91. The highest BCUT2D eigenvalue weighted by molar-refractivity contribution is 6.31. The fourth-order valence-electron chi connectivity index (χ4n) is 2.22. The number of benzene rings is 1. The Kier molecular flexibility index (Phi) is 4.48. The molecule has 2 nitrogen and oxygen atoms in total. The van der Waals surface area contributed by atoms with Crippen molar-refractivity contribution in [2.24, 2.45) is 0 Å². The maximum Gasteiger partial charge on any atom is 0.258 e. The molecule has 0 saturated carbocycles. The Hall–Kier alpha value is -0.780. The van der Waals surface area contributed by atoms with Crippen LogP contribution >= 0.6 is 11.6 Å². The lowest BCUT2D eigenvalue weighted by Gasteiger charge is -2.35. The van der Waals surface area contributed by atoms with Crippen molar-refractivity contribution in [1.82, 2.24) is 10.2 Å². The minimum Gasteiger partial charge on any atom is -0.314 e. The Morgan fingerprint density at radius 3 is 2.44 bits per heavy atom. The van der Waals surface area contributed by atoms with Crippen LogP contribution < -0.4 is 5.32 Å². The number of hydrogen-bond acceptors (Lipinski definition) is 2. The molecule has 2 rings (SSSR count). The average Bonchev–Trinajstić information content (AvgIpc) is 2.34. The monoisotopic (exact) mass is 278 g/mol. The van der Waals surface area contributed by atoms with Gasteiger partial charge in [0.05, 0.1) is 0 Å². The van der Waals surface area contributed by atoms with Crippen molar-refractivity contribution in [1.29, 1.82) is 0 Å². The molecule has 6 heteroatoms. The summed E-state index contributed by atoms with van der Waals surface area (Å²) >= 11 is 5.87. The molecule has 0 radical (unpaired) electrons. The Bertz CT molecular complexity index is 388. The summed E-state index contributed by atoms with van der Waals surface area (Å²) < 4.78 is 40.2. The molecule has 0 unspecified atom stereocenters. The van der Waals surface area contributed by atoms with Crippen LogP contribution in [0.5, 0.6) is 0 Å². The molecule has 1 aromatic carbocycles. The van der Waals surface area contributed by atoms with Gasteiger partial charge in [0, 0.05) is 36.8 Å². The molecule has 0 aliphatic carbocycles. The van der Waals surface area contributed by atoms with E-state index in [1.807, 2.05) is 0 Å². The molecule has 18 heavy (non-hydrogen) atoms. The van der Waals surface area contributed by atoms with Gasteiger partial charge in [-0.15, -0.1) is 0 Å². The van der Waals surface area contributed by atoms with Crippen molar-refractivity contribution in [3.63, 3.8) is 0 Å². The van der Waals surface area contributed by atoms with E-state index < -0.39 is 18.3 Å². The van der Waals surface area contributed by atoms with Crippen molar-refractivity contribution in [2.75, 3.05) is 26.2 Å². The van der Waals surface area contributed by atoms with E-state index >= 15 is 0 Å². The first-order valence-electron chi connectivity index (χ1n) is 5.78. The topological polar surface area (TPSA) is 15.3 Å². The maximum absolute atomic E-state index is 13.8. The molecule has 0 amide bonds. The highest BCUT2D eigenvalue weighted by Gasteiger charge is 2.33. The summed E-state index contributed by atoms with van der Waals surface area (Å²) in [5.41, 5.74) is -0.101. The second-order valence-electron chi connectivity index (χ2n) is 4.20. The predicted molar refractivity (Wildman–Crippen MR) is 64.6 cm³/mol. The lowest BCUT2D eigenvalue weighted by Crippen LogP contribution is -2.47. The number of piperazine rings is 1. The molecular weight excluding hydrogens is 265 g/mol. The van der Waals surface area contributed by atoms with E-state index in [9.17, 15) is 13.2 Å². The van der Waals surface area contributed by atoms with E-state index in [2.05, 4.69) is 5.32 Å². The zero-order valence-corrected chi connectivity index (χ0v) is 10.4. The highest BCUT2D eigenvalue weighted by Crippen LogP contribution is 2.34. The Morgan fingerprint density at radius 1 is 1.22 bits per heavy atom. The fraction of sp³-hybridized carbons (Fsp3) is 0.500. The van der Waals surface area contributed by atoms with E-state index in [0.29, 0.717) is 26.2 Å². The predicted octanol–water partition coefficient (Wildman–Crippen LogP) is 2.69. The smallest absolute Gasteiger partial charge is 0.258 e. The first kappa shape index (κ1) is 13.6. The SMILES string of the molecule is Fc1cccc(Cl)c1[C@@H](C(F)F)N1CCNCC1. The molecule has 1 heterocycles. The largest absolute Gasteiger partial charge is 0.314 e. The zero-order chi connectivity index (χ0) is 13.1. The highest BCUT2D eigenvalue weighted by atomic mass is 35.5. The lowest BCUT2D eigenvalue weighted by molar-refractivity contribution is 0.0164. The summed E-state index contributed by atoms with van der Waals surface area (Å²) in [6, 6.07) is 2.75. The van der Waals surface area contributed by atoms with Crippen LogP contribution in [0.3, 0.4) is 0 Å². The van der Waals surface area contributed by atoms with Crippen molar-refractivity contribution in [3.05, 3.63) is 34.6 Å². The normalized spacial score (nSPS) is 19.2. The van der Waals surface area contributed by atoms with Crippen LogP contribution in [0.15, 0.2) is 18.2 Å². The molecule has 0 spiro atoms. The molecule has 1 fully saturated rings. The number of hydrogen-bond donors (Lipinski definition) is 1. The number of rotatable bonds is 3. The first-order chi connectivity index (χ1) is 8.61. The van der Waals surface area contributed by atoms with Gasteiger partial charge in [-0.3, -0.25) is 4.90 Å². The van der Waals surface area contributed by atoms with Gasteiger partial charge in [-0.05, 0) is 12.1 Å². The maximum atomic E-state index is 13.8. The van der Waals surface area contributed by atoms with E-state index in [1.54, 1.807) is 4.90 Å². The molecule has 1 N–H and O–H groups in total. The van der Waals surface area contributed by atoms with E-state index in [4.69, 9.17) is 11.6 Å². The quantitative estimate of drug-likeness (QED) is 0.914. The van der Waals surface area contributed by atoms with Crippen LogP contribution in [-0.2, 0) is 0 Å². The molecule has 1 atom stereocenters. The molecule has 1 saturated heterocycles. The second-order valence-corrected chi connectivity index (χ2v) is 4.61. The van der Waals surface area contributed by atoms with Gasteiger partial charge in [0.1, 0.15) is 11.9 Å². The van der Waals surface area contributed by atoms with Crippen molar-refractivity contribution in [3.8, 4) is 0 Å². The summed E-state index contributed by atoms with van der Waals surface area (Å²) in [6.07, 6.45) is -2.67. The third-order valence-corrected chi connectivity index (χ3v) is 3.41.